The molecule has 3 heteroatoms. The van der Waals surface area contributed by atoms with Crippen LogP contribution in [0.3, 0.4) is 0 Å². The molecule has 3 nitrogen and oxygen atoms in total. The van der Waals surface area contributed by atoms with Crippen LogP contribution in [0.5, 0.6) is 0 Å². The lowest BCUT2D eigenvalue weighted by Gasteiger charge is -2.21. The zero-order chi connectivity index (χ0) is 14.8. The van der Waals surface area contributed by atoms with Gasteiger partial charge < -0.3 is 10.6 Å². The summed E-state index contributed by atoms with van der Waals surface area (Å²) < 4.78 is 0. The number of anilines is 2. The van der Waals surface area contributed by atoms with E-state index in [4.69, 9.17) is 10.7 Å². The molecule has 1 aromatic heterocycles. The molecular weight excluding hydrogens is 258 g/mol. The maximum Gasteiger partial charge on any atom is 0.135 e. The van der Waals surface area contributed by atoms with Crippen molar-refractivity contribution >= 4 is 11.5 Å². The molecule has 110 valence electrons. The molecule has 0 aliphatic carbocycles. The Balaban J connectivity index is 1.87. The third-order valence-corrected chi connectivity index (χ3v) is 4.27. The quantitative estimate of drug-likeness (QED) is 0.934. The maximum absolute atomic E-state index is 6.04. The van der Waals surface area contributed by atoms with Gasteiger partial charge in [0.1, 0.15) is 5.82 Å². The second kappa shape index (κ2) is 5.86. The summed E-state index contributed by atoms with van der Waals surface area (Å²) >= 11 is 0. The van der Waals surface area contributed by atoms with Gasteiger partial charge >= 0.3 is 0 Å². The van der Waals surface area contributed by atoms with Gasteiger partial charge in [0.2, 0.25) is 0 Å². The zero-order valence-electron chi connectivity index (χ0n) is 12.8. The molecule has 21 heavy (non-hydrogen) atoms. The lowest BCUT2D eigenvalue weighted by Crippen LogP contribution is -2.22. The van der Waals surface area contributed by atoms with Crippen LogP contribution >= 0.6 is 0 Å². The van der Waals surface area contributed by atoms with Crippen molar-refractivity contribution in [3.05, 3.63) is 53.2 Å². The minimum absolute atomic E-state index is 0.226. The Labute approximate surface area is 126 Å². The molecule has 2 N–H and O–H groups in total. The number of benzene rings is 1. The van der Waals surface area contributed by atoms with Crippen molar-refractivity contribution in [1.82, 2.24) is 4.98 Å². The molecule has 1 atom stereocenters. The second-order valence-corrected chi connectivity index (χ2v) is 5.89. The van der Waals surface area contributed by atoms with Crippen LogP contribution in [0.25, 0.3) is 0 Å². The number of nitrogens with zero attached hydrogens (tertiary/aromatic N) is 2. The van der Waals surface area contributed by atoms with Crippen LogP contribution in [0.2, 0.25) is 0 Å². The van der Waals surface area contributed by atoms with Crippen molar-refractivity contribution in [2.75, 3.05) is 11.4 Å². The summed E-state index contributed by atoms with van der Waals surface area (Å²) in [5.74, 6) is 1.08. The average Bonchev–Trinajstić information content (AvgIpc) is 2.91. The van der Waals surface area contributed by atoms with Crippen LogP contribution in [0.1, 0.15) is 30.0 Å². The van der Waals surface area contributed by atoms with E-state index in [1.807, 2.05) is 6.20 Å². The molecule has 2 aromatic rings. The van der Waals surface area contributed by atoms with E-state index >= 15 is 0 Å². The molecule has 2 heterocycles. The Bertz CT molecular complexity index is 636. The molecule has 1 unspecified atom stereocenters. The molecule has 0 radical (unpaired) electrons. The SMILES string of the molecule is CCC(N)Cc1cnc(N2CCc3ccccc32)c(C)c1. The third kappa shape index (κ3) is 2.79. The van der Waals surface area contributed by atoms with E-state index in [1.165, 1.54) is 22.4 Å². The number of para-hydroxylation sites is 1. The molecule has 1 aliphatic rings. The number of fused-ring (bicyclic) bond motifs is 1. The monoisotopic (exact) mass is 281 g/mol. The van der Waals surface area contributed by atoms with Gasteiger partial charge in [0.05, 0.1) is 0 Å². The smallest absolute Gasteiger partial charge is 0.135 e. The molecule has 0 fully saturated rings. The summed E-state index contributed by atoms with van der Waals surface area (Å²) in [6.07, 6.45) is 4.99. The molecule has 0 bridgehead atoms. The van der Waals surface area contributed by atoms with Gasteiger partial charge in [0.25, 0.3) is 0 Å². The maximum atomic E-state index is 6.04. The number of pyridine rings is 1. The van der Waals surface area contributed by atoms with Gasteiger partial charge in [0.15, 0.2) is 0 Å². The van der Waals surface area contributed by atoms with E-state index in [1.54, 1.807) is 0 Å². The Morgan fingerprint density at radius 3 is 2.90 bits per heavy atom. The first-order chi connectivity index (χ1) is 10.2. The van der Waals surface area contributed by atoms with Gasteiger partial charge in [0, 0.05) is 24.5 Å². The highest BCUT2D eigenvalue weighted by molar-refractivity contribution is 5.69. The normalized spacial score (nSPS) is 15.1. The predicted molar refractivity (Wildman–Crippen MR) is 88.1 cm³/mol. The third-order valence-electron chi connectivity index (χ3n) is 4.27. The Hall–Kier alpha value is -1.87. The van der Waals surface area contributed by atoms with Crippen LogP contribution in [-0.4, -0.2) is 17.6 Å². The van der Waals surface area contributed by atoms with E-state index in [0.717, 1.165) is 31.6 Å². The number of aryl methyl sites for hydroxylation is 1. The molecule has 3 rings (SSSR count). The van der Waals surface area contributed by atoms with E-state index < -0.39 is 0 Å². The molecule has 1 aromatic carbocycles. The molecule has 0 amide bonds. The highest BCUT2D eigenvalue weighted by Gasteiger charge is 2.22. The largest absolute Gasteiger partial charge is 0.327 e. The zero-order valence-corrected chi connectivity index (χ0v) is 12.8. The summed E-state index contributed by atoms with van der Waals surface area (Å²) in [6, 6.07) is 11.1. The molecule has 0 saturated heterocycles. The molecule has 0 spiro atoms. The first-order valence-electron chi connectivity index (χ1n) is 7.75. The summed E-state index contributed by atoms with van der Waals surface area (Å²) in [6.45, 7) is 5.28. The van der Waals surface area contributed by atoms with Gasteiger partial charge in [-0.25, -0.2) is 4.98 Å². The van der Waals surface area contributed by atoms with Crippen molar-refractivity contribution in [2.45, 2.75) is 39.2 Å². The van der Waals surface area contributed by atoms with Gasteiger partial charge in [-0.3, -0.25) is 0 Å². The van der Waals surface area contributed by atoms with E-state index in [2.05, 4.69) is 49.1 Å². The first-order valence-corrected chi connectivity index (χ1v) is 7.75. The van der Waals surface area contributed by atoms with Crippen LogP contribution in [0.4, 0.5) is 11.5 Å². The van der Waals surface area contributed by atoms with Crippen molar-refractivity contribution in [1.29, 1.82) is 0 Å². The Morgan fingerprint density at radius 2 is 2.14 bits per heavy atom. The summed E-state index contributed by atoms with van der Waals surface area (Å²) in [7, 11) is 0. The average molecular weight is 281 g/mol. The highest BCUT2D eigenvalue weighted by Crippen LogP contribution is 2.34. The summed E-state index contributed by atoms with van der Waals surface area (Å²) in [5.41, 5.74) is 11.2. The molecule has 1 aliphatic heterocycles. The molecule has 0 saturated carbocycles. The predicted octanol–water partition coefficient (Wildman–Crippen LogP) is 3.36. The van der Waals surface area contributed by atoms with Crippen molar-refractivity contribution < 1.29 is 0 Å². The fourth-order valence-electron chi connectivity index (χ4n) is 3.03. The van der Waals surface area contributed by atoms with Crippen molar-refractivity contribution in [3.63, 3.8) is 0 Å². The van der Waals surface area contributed by atoms with E-state index in [9.17, 15) is 0 Å². The summed E-state index contributed by atoms with van der Waals surface area (Å²) in [5, 5.41) is 0. The van der Waals surface area contributed by atoms with E-state index in [0.29, 0.717) is 0 Å². The number of hydrogen-bond donors (Lipinski definition) is 1. The van der Waals surface area contributed by atoms with Crippen molar-refractivity contribution in [2.24, 2.45) is 5.73 Å². The topological polar surface area (TPSA) is 42.1 Å². The first kappa shape index (κ1) is 14.1. The number of hydrogen-bond acceptors (Lipinski definition) is 3. The fourth-order valence-corrected chi connectivity index (χ4v) is 3.03. The van der Waals surface area contributed by atoms with Crippen LogP contribution < -0.4 is 10.6 Å². The molecular formula is C18H23N3. The van der Waals surface area contributed by atoms with Gasteiger partial charge in [-0.1, -0.05) is 31.2 Å². The van der Waals surface area contributed by atoms with Crippen LogP contribution in [0.15, 0.2) is 36.5 Å². The lowest BCUT2D eigenvalue weighted by molar-refractivity contribution is 0.645. The fraction of sp³-hybridized carbons (Fsp3) is 0.389. The number of aromatic nitrogens is 1. The standard InChI is InChI=1S/C18H23N3/c1-3-16(19)11-14-10-13(2)18(20-12-14)21-9-8-15-6-4-5-7-17(15)21/h4-7,10,12,16H,3,8-9,11,19H2,1-2H3. The minimum atomic E-state index is 0.226. The number of rotatable bonds is 4. The van der Waals surface area contributed by atoms with E-state index in [-0.39, 0.29) is 6.04 Å². The van der Waals surface area contributed by atoms with Gasteiger partial charge in [-0.2, -0.15) is 0 Å². The van der Waals surface area contributed by atoms with Crippen LogP contribution in [-0.2, 0) is 12.8 Å². The lowest BCUT2D eigenvalue weighted by atomic mass is 10.0. The Morgan fingerprint density at radius 1 is 1.33 bits per heavy atom. The number of nitrogens with two attached hydrogens (primary N) is 1. The van der Waals surface area contributed by atoms with Crippen LogP contribution in [0, 0.1) is 6.92 Å². The van der Waals surface area contributed by atoms with Gasteiger partial charge in [-0.05, 0) is 48.9 Å². The van der Waals surface area contributed by atoms with Crippen molar-refractivity contribution in [3.8, 4) is 0 Å². The second-order valence-electron chi connectivity index (χ2n) is 5.89. The summed E-state index contributed by atoms with van der Waals surface area (Å²) in [4.78, 5) is 7.04. The van der Waals surface area contributed by atoms with Gasteiger partial charge in [-0.15, -0.1) is 0 Å². The minimum Gasteiger partial charge on any atom is -0.327 e. The highest BCUT2D eigenvalue weighted by atomic mass is 15.2. The Kier molecular flexibility index (Phi) is 3.93.